The second-order valence-corrected chi connectivity index (χ2v) is 7.18. The summed E-state index contributed by atoms with van der Waals surface area (Å²) in [5.41, 5.74) is 2.31. The van der Waals surface area contributed by atoms with E-state index in [4.69, 9.17) is 14.2 Å². The molecule has 1 aromatic heterocycles. The van der Waals surface area contributed by atoms with E-state index in [0.29, 0.717) is 37.0 Å². The number of para-hydroxylation sites is 1. The number of rotatable bonds is 10. The lowest BCUT2D eigenvalue weighted by molar-refractivity contribution is -0.115. The Bertz CT molecular complexity index is 987. The second-order valence-electron chi connectivity index (χ2n) is 6.33. The maximum absolute atomic E-state index is 12.5. The van der Waals surface area contributed by atoms with Crippen molar-refractivity contribution in [3.05, 3.63) is 53.5 Å². The topological polar surface area (TPSA) is 69.7 Å². The van der Waals surface area contributed by atoms with Crippen molar-refractivity contribution in [2.24, 2.45) is 0 Å². The molecule has 2 aromatic carbocycles. The summed E-state index contributed by atoms with van der Waals surface area (Å²) in [7, 11) is 0. The zero-order valence-electron chi connectivity index (χ0n) is 17.4. The Hall–Kier alpha value is -3.06. The minimum Gasteiger partial charge on any atom is -0.493 e. The quantitative estimate of drug-likeness (QED) is 0.483. The highest BCUT2D eigenvalue weighted by molar-refractivity contribution is 7.13. The molecule has 0 bridgehead atoms. The summed E-state index contributed by atoms with van der Waals surface area (Å²) in [4.78, 5) is 17.2. The fourth-order valence-corrected chi connectivity index (χ4v) is 3.78. The standard InChI is InChI=1S/C23H26N2O4S/c1-4-27-19-10-8-7-9-18(19)23-25-17(15-30-23)14-22(26)24-16-11-12-20(28-5-2)21(13-16)29-6-3/h7-13,15H,4-6,14H2,1-3H3,(H,24,26). The van der Waals surface area contributed by atoms with Gasteiger partial charge in [0.15, 0.2) is 11.5 Å². The van der Waals surface area contributed by atoms with Gasteiger partial charge in [0.05, 0.1) is 37.5 Å². The fraction of sp³-hybridized carbons (Fsp3) is 0.304. The average molecular weight is 427 g/mol. The SMILES string of the molecule is CCOc1ccc(NC(=O)Cc2csc(-c3ccccc3OCC)n2)cc1OCC. The van der Waals surface area contributed by atoms with Crippen molar-refractivity contribution in [2.45, 2.75) is 27.2 Å². The Labute approximate surface area is 180 Å². The molecule has 3 rings (SSSR count). The van der Waals surface area contributed by atoms with Gasteiger partial charge in [-0.25, -0.2) is 4.98 Å². The van der Waals surface area contributed by atoms with Gasteiger partial charge in [-0.3, -0.25) is 4.79 Å². The molecule has 6 nitrogen and oxygen atoms in total. The molecule has 1 N–H and O–H groups in total. The first-order chi connectivity index (χ1) is 14.6. The molecule has 0 radical (unpaired) electrons. The molecule has 0 aliphatic heterocycles. The monoisotopic (exact) mass is 426 g/mol. The van der Waals surface area contributed by atoms with Crippen molar-refractivity contribution in [2.75, 3.05) is 25.1 Å². The largest absolute Gasteiger partial charge is 0.493 e. The van der Waals surface area contributed by atoms with E-state index in [1.807, 2.05) is 50.4 Å². The van der Waals surface area contributed by atoms with Crippen molar-refractivity contribution in [3.63, 3.8) is 0 Å². The fourth-order valence-electron chi connectivity index (χ4n) is 2.94. The van der Waals surface area contributed by atoms with E-state index < -0.39 is 0 Å². The van der Waals surface area contributed by atoms with Crippen LogP contribution < -0.4 is 19.5 Å². The molecule has 1 heterocycles. The van der Waals surface area contributed by atoms with Crippen LogP contribution in [-0.4, -0.2) is 30.7 Å². The highest BCUT2D eigenvalue weighted by Gasteiger charge is 2.13. The number of ether oxygens (including phenoxy) is 3. The molecule has 0 aliphatic carbocycles. The third kappa shape index (κ3) is 5.51. The van der Waals surface area contributed by atoms with Gasteiger partial charge in [0.1, 0.15) is 10.8 Å². The number of thiazole rings is 1. The second kappa shape index (κ2) is 10.6. The highest BCUT2D eigenvalue weighted by Crippen LogP contribution is 2.33. The summed E-state index contributed by atoms with van der Waals surface area (Å²) in [5.74, 6) is 1.93. The number of carbonyl (C=O) groups is 1. The van der Waals surface area contributed by atoms with Crippen LogP contribution in [0.2, 0.25) is 0 Å². The van der Waals surface area contributed by atoms with Crippen molar-refractivity contribution < 1.29 is 19.0 Å². The summed E-state index contributed by atoms with van der Waals surface area (Å²) in [6.45, 7) is 7.42. The lowest BCUT2D eigenvalue weighted by Crippen LogP contribution is -2.14. The molecule has 158 valence electrons. The van der Waals surface area contributed by atoms with Crippen molar-refractivity contribution in [1.29, 1.82) is 0 Å². The number of aromatic nitrogens is 1. The van der Waals surface area contributed by atoms with Gasteiger partial charge in [0.2, 0.25) is 5.91 Å². The normalized spacial score (nSPS) is 10.5. The number of carbonyl (C=O) groups excluding carboxylic acids is 1. The smallest absolute Gasteiger partial charge is 0.230 e. The lowest BCUT2D eigenvalue weighted by atomic mass is 10.2. The van der Waals surface area contributed by atoms with E-state index in [1.165, 1.54) is 11.3 Å². The Balaban J connectivity index is 1.68. The van der Waals surface area contributed by atoms with E-state index in [9.17, 15) is 4.79 Å². The van der Waals surface area contributed by atoms with Gasteiger partial charge in [-0.05, 0) is 45.0 Å². The Morgan fingerprint density at radius 3 is 2.40 bits per heavy atom. The van der Waals surface area contributed by atoms with Gasteiger partial charge < -0.3 is 19.5 Å². The van der Waals surface area contributed by atoms with E-state index in [2.05, 4.69) is 10.3 Å². The van der Waals surface area contributed by atoms with Crippen molar-refractivity contribution >= 4 is 22.9 Å². The Morgan fingerprint density at radius 1 is 0.933 bits per heavy atom. The Morgan fingerprint density at radius 2 is 1.63 bits per heavy atom. The van der Waals surface area contributed by atoms with Gasteiger partial charge in [0, 0.05) is 17.1 Å². The molecular formula is C23H26N2O4S. The molecule has 30 heavy (non-hydrogen) atoms. The first-order valence-corrected chi connectivity index (χ1v) is 10.9. The molecule has 0 aliphatic rings. The van der Waals surface area contributed by atoms with Crippen LogP contribution in [0.25, 0.3) is 10.6 Å². The lowest BCUT2D eigenvalue weighted by Gasteiger charge is -2.12. The maximum atomic E-state index is 12.5. The predicted molar refractivity (Wildman–Crippen MR) is 120 cm³/mol. The van der Waals surface area contributed by atoms with Gasteiger partial charge in [0.25, 0.3) is 0 Å². The zero-order valence-corrected chi connectivity index (χ0v) is 18.3. The molecule has 0 spiro atoms. The molecule has 1 amide bonds. The first kappa shape index (κ1) is 21.6. The van der Waals surface area contributed by atoms with Crippen molar-refractivity contribution in [3.8, 4) is 27.8 Å². The highest BCUT2D eigenvalue weighted by atomic mass is 32.1. The zero-order chi connectivity index (χ0) is 21.3. The van der Waals surface area contributed by atoms with E-state index >= 15 is 0 Å². The van der Waals surface area contributed by atoms with Crippen LogP contribution >= 0.6 is 11.3 Å². The maximum Gasteiger partial charge on any atom is 0.230 e. The van der Waals surface area contributed by atoms with Crippen LogP contribution in [0, 0.1) is 0 Å². The number of anilines is 1. The predicted octanol–water partition coefficient (Wildman–Crippen LogP) is 5.19. The van der Waals surface area contributed by atoms with E-state index in [0.717, 1.165) is 22.0 Å². The van der Waals surface area contributed by atoms with E-state index in [-0.39, 0.29) is 12.3 Å². The van der Waals surface area contributed by atoms with Crippen LogP contribution in [0.4, 0.5) is 5.69 Å². The van der Waals surface area contributed by atoms with Gasteiger partial charge in [-0.2, -0.15) is 0 Å². The van der Waals surface area contributed by atoms with E-state index in [1.54, 1.807) is 18.2 Å². The van der Waals surface area contributed by atoms with Crippen LogP contribution in [-0.2, 0) is 11.2 Å². The Kier molecular flexibility index (Phi) is 7.68. The van der Waals surface area contributed by atoms with Gasteiger partial charge >= 0.3 is 0 Å². The molecule has 0 saturated carbocycles. The number of hydrogen-bond donors (Lipinski definition) is 1. The minimum absolute atomic E-state index is 0.142. The van der Waals surface area contributed by atoms with Crippen molar-refractivity contribution in [1.82, 2.24) is 4.98 Å². The third-order valence-corrected chi connectivity index (χ3v) is 5.06. The number of nitrogens with one attached hydrogen (secondary N) is 1. The molecule has 0 fully saturated rings. The molecule has 0 atom stereocenters. The number of amides is 1. The van der Waals surface area contributed by atoms with Gasteiger partial charge in [-0.15, -0.1) is 11.3 Å². The summed E-state index contributed by atoms with van der Waals surface area (Å²) < 4.78 is 16.9. The van der Waals surface area contributed by atoms with Gasteiger partial charge in [-0.1, -0.05) is 12.1 Å². The molecule has 3 aromatic rings. The molecular weight excluding hydrogens is 400 g/mol. The minimum atomic E-state index is -0.142. The summed E-state index contributed by atoms with van der Waals surface area (Å²) in [6.07, 6.45) is 0.185. The molecule has 0 saturated heterocycles. The summed E-state index contributed by atoms with van der Waals surface area (Å²) in [5, 5.41) is 5.64. The first-order valence-electron chi connectivity index (χ1n) is 10.0. The number of nitrogens with zero attached hydrogens (tertiary/aromatic N) is 1. The summed E-state index contributed by atoms with van der Waals surface area (Å²) in [6, 6.07) is 13.2. The third-order valence-electron chi connectivity index (χ3n) is 4.14. The molecule has 0 unspecified atom stereocenters. The molecule has 7 heteroatoms. The summed E-state index contributed by atoms with van der Waals surface area (Å²) >= 11 is 1.50. The number of benzene rings is 2. The van der Waals surface area contributed by atoms with Crippen LogP contribution in [0.1, 0.15) is 26.5 Å². The van der Waals surface area contributed by atoms with Crippen LogP contribution in [0.3, 0.4) is 0 Å². The average Bonchev–Trinajstić information content (AvgIpc) is 3.19. The van der Waals surface area contributed by atoms with Crippen LogP contribution in [0.15, 0.2) is 47.8 Å². The van der Waals surface area contributed by atoms with Crippen LogP contribution in [0.5, 0.6) is 17.2 Å². The number of hydrogen-bond acceptors (Lipinski definition) is 6.